The van der Waals surface area contributed by atoms with Crippen molar-refractivity contribution in [1.82, 2.24) is 19.9 Å². The number of nitrogens with zero attached hydrogens (tertiary/aromatic N) is 4. The van der Waals surface area contributed by atoms with Crippen LogP contribution in [0.25, 0.3) is 22.4 Å². The summed E-state index contributed by atoms with van der Waals surface area (Å²) in [4.78, 5) is 27.3. The van der Waals surface area contributed by atoms with Crippen molar-refractivity contribution in [3.63, 3.8) is 0 Å². The average Bonchev–Trinajstić information content (AvgIpc) is 3.27. The van der Waals surface area contributed by atoms with E-state index in [2.05, 4.69) is 15.0 Å². The summed E-state index contributed by atoms with van der Waals surface area (Å²) in [6.45, 7) is 2.38. The molecule has 4 rings (SSSR count). The number of carbonyl (C=O) groups excluding carboxylic acids is 1. The fourth-order valence-corrected chi connectivity index (χ4v) is 4.05. The van der Waals surface area contributed by atoms with Crippen molar-refractivity contribution in [3.8, 4) is 22.4 Å². The molecule has 0 unspecified atom stereocenters. The number of aryl methyl sites for hydroxylation is 1. The van der Waals surface area contributed by atoms with Crippen LogP contribution in [0.4, 0.5) is 10.2 Å². The predicted octanol–water partition coefficient (Wildman–Crippen LogP) is 3.09. The van der Waals surface area contributed by atoms with Crippen molar-refractivity contribution in [3.05, 3.63) is 59.9 Å². The molecule has 31 heavy (non-hydrogen) atoms. The van der Waals surface area contributed by atoms with E-state index in [0.717, 1.165) is 29.7 Å². The Labute approximate surface area is 179 Å². The largest absolute Gasteiger partial charge is 0.394 e. The molecule has 3 heterocycles. The van der Waals surface area contributed by atoms with Crippen LogP contribution < -0.4 is 5.73 Å². The van der Waals surface area contributed by atoms with Gasteiger partial charge in [-0.15, -0.1) is 0 Å². The lowest BCUT2D eigenvalue weighted by Crippen LogP contribution is -2.38. The molecule has 1 atom stereocenters. The summed E-state index contributed by atoms with van der Waals surface area (Å²) in [6, 6.07) is 7.77. The van der Waals surface area contributed by atoms with E-state index in [4.69, 9.17) is 5.73 Å². The quantitative estimate of drug-likeness (QED) is 0.656. The van der Waals surface area contributed by atoms with E-state index in [1.54, 1.807) is 23.2 Å². The fraction of sp³-hybridized carbons (Fsp3) is 0.304. The third-order valence-electron chi connectivity index (χ3n) is 5.66. The first-order valence-electron chi connectivity index (χ1n) is 10.3. The molecule has 1 saturated heterocycles. The first-order valence-corrected chi connectivity index (χ1v) is 10.3. The van der Waals surface area contributed by atoms with Crippen LogP contribution in [0.1, 0.15) is 35.8 Å². The zero-order valence-electron chi connectivity index (χ0n) is 17.3. The maximum atomic E-state index is 15.1. The minimum Gasteiger partial charge on any atom is -0.394 e. The van der Waals surface area contributed by atoms with E-state index in [1.165, 1.54) is 18.5 Å². The van der Waals surface area contributed by atoms with Gasteiger partial charge in [-0.25, -0.2) is 19.3 Å². The highest BCUT2D eigenvalue weighted by molar-refractivity contribution is 5.95. The molecule has 0 saturated carbocycles. The Kier molecular flexibility index (Phi) is 5.90. The third kappa shape index (κ3) is 3.98. The first kappa shape index (κ1) is 20.9. The number of halogens is 1. The number of nitrogen functional groups attached to an aromatic ring is 1. The van der Waals surface area contributed by atoms with E-state index in [0.29, 0.717) is 30.0 Å². The number of amides is 1. The molecule has 7 nitrogen and oxygen atoms in total. The summed E-state index contributed by atoms with van der Waals surface area (Å²) in [7, 11) is 0. The van der Waals surface area contributed by atoms with Gasteiger partial charge in [-0.3, -0.25) is 4.79 Å². The van der Waals surface area contributed by atoms with Crippen molar-refractivity contribution >= 4 is 11.7 Å². The smallest absolute Gasteiger partial charge is 0.257 e. The summed E-state index contributed by atoms with van der Waals surface area (Å²) in [5.74, 6) is -0.623. The van der Waals surface area contributed by atoms with Crippen LogP contribution >= 0.6 is 0 Å². The number of aliphatic hydroxyl groups is 1. The molecule has 8 heteroatoms. The number of aliphatic hydroxyl groups excluding tert-OH is 1. The monoisotopic (exact) mass is 421 g/mol. The van der Waals surface area contributed by atoms with E-state index < -0.39 is 11.7 Å². The second-order valence-corrected chi connectivity index (χ2v) is 7.54. The van der Waals surface area contributed by atoms with Crippen LogP contribution in [0.3, 0.4) is 0 Å². The second kappa shape index (κ2) is 8.77. The lowest BCUT2D eigenvalue weighted by molar-refractivity contribution is 0.0673. The predicted molar refractivity (Wildman–Crippen MR) is 116 cm³/mol. The highest BCUT2D eigenvalue weighted by Crippen LogP contribution is 2.33. The number of carbonyl (C=O) groups is 1. The molecule has 1 aromatic carbocycles. The molecule has 1 aliphatic rings. The summed E-state index contributed by atoms with van der Waals surface area (Å²) in [5, 5.41) is 9.48. The topological polar surface area (TPSA) is 105 Å². The maximum absolute atomic E-state index is 15.1. The summed E-state index contributed by atoms with van der Waals surface area (Å²) < 4.78 is 15.1. The Hall–Kier alpha value is -3.39. The molecule has 160 valence electrons. The SMILES string of the molecule is CCc1ncnc(-c2ccc(C(=O)N3CCC[C@@H]3CO)c(F)c2)c1-c1ccc(N)nc1. The van der Waals surface area contributed by atoms with E-state index in [-0.39, 0.29) is 18.2 Å². The molecule has 1 fully saturated rings. The minimum atomic E-state index is -0.621. The molecule has 2 aromatic heterocycles. The third-order valence-corrected chi connectivity index (χ3v) is 5.66. The summed E-state index contributed by atoms with van der Waals surface area (Å²) in [6.07, 6.45) is 5.28. The van der Waals surface area contributed by atoms with Gasteiger partial charge in [0.15, 0.2) is 0 Å². The second-order valence-electron chi connectivity index (χ2n) is 7.54. The zero-order valence-corrected chi connectivity index (χ0v) is 17.3. The number of likely N-dealkylation sites (tertiary alicyclic amines) is 1. The lowest BCUT2D eigenvalue weighted by Gasteiger charge is -2.23. The van der Waals surface area contributed by atoms with Gasteiger partial charge in [0.05, 0.1) is 29.6 Å². The summed E-state index contributed by atoms with van der Waals surface area (Å²) >= 11 is 0. The highest BCUT2D eigenvalue weighted by atomic mass is 19.1. The van der Waals surface area contributed by atoms with Gasteiger partial charge in [0.1, 0.15) is 18.0 Å². The number of hydrogen-bond acceptors (Lipinski definition) is 6. The van der Waals surface area contributed by atoms with Crippen LogP contribution in [0.2, 0.25) is 0 Å². The Balaban J connectivity index is 1.75. The van der Waals surface area contributed by atoms with Gasteiger partial charge in [0.25, 0.3) is 5.91 Å². The lowest BCUT2D eigenvalue weighted by atomic mass is 9.96. The minimum absolute atomic E-state index is 0.00966. The molecule has 0 spiro atoms. The van der Waals surface area contributed by atoms with Crippen molar-refractivity contribution in [2.24, 2.45) is 0 Å². The highest BCUT2D eigenvalue weighted by Gasteiger charge is 2.30. The molecule has 1 amide bonds. The molecule has 3 aromatic rings. The Morgan fingerprint density at radius 1 is 1.23 bits per heavy atom. The first-order chi connectivity index (χ1) is 15.0. The molecular weight excluding hydrogens is 397 g/mol. The Morgan fingerprint density at radius 3 is 2.71 bits per heavy atom. The van der Waals surface area contributed by atoms with Gasteiger partial charge in [-0.05, 0) is 43.5 Å². The number of hydrogen-bond donors (Lipinski definition) is 2. The van der Waals surface area contributed by atoms with Gasteiger partial charge in [-0.1, -0.05) is 13.0 Å². The Bertz CT molecular complexity index is 1100. The van der Waals surface area contributed by atoms with E-state index in [1.807, 2.05) is 13.0 Å². The van der Waals surface area contributed by atoms with Crippen LogP contribution in [-0.2, 0) is 6.42 Å². The van der Waals surface area contributed by atoms with Crippen molar-refractivity contribution in [2.75, 3.05) is 18.9 Å². The molecule has 0 radical (unpaired) electrons. The molecule has 0 aliphatic carbocycles. The normalized spacial score (nSPS) is 16.0. The average molecular weight is 421 g/mol. The van der Waals surface area contributed by atoms with Crippen molar-refractivity contribution < 1.29 is 14.3 Å². The number of pyridine rings is 1. The number of benzene rings is 1. The van der Waals surface area contributed by atoms with Gasteiger partial charge < -0.3 is 15.7 Å². The van der Waals surface area contributed by atoms with Crippen LogP contribution in [0, 0.1) is 5.82 Å². The molecule has 0 bridgehead atoms. The van der Waals surface area contributed by atoms with E-state index in [9.17, 15) is 9.90 Å². The van der Waals surface area contributed by atoms with Crippen LogP contribution in [-0.4, -0.2) is 50.1 Å². The van der Waals surface area contributed by atoms with Gasteiger partial charge in [-0.2, -0.15) is 0 Å². The number of anilines is 1. The number of aromatic nitrogens is 3. The standard InChI is InChI=1S/C23H24FN5O2/c1-2-19-21(15-6-8-20(25)26-11-15)22(28-13-27-19)14-5-7-17(18(24)10-14)23(31)29-9-3-4-16(29)12-30/h5-8,10-11,13,16,30H,2-4,9,12H2,1H3,(H2,25,26)/t16-/m1/s1. The summed E-state index contributed by atoms with van der Waals surface area (Å²) in [5.41, 5.74) is 9.16. The fourth-order valence-electron chi connectivity index (χ4n) is 4.05. The molecular formula is C23H24FN5O2. The maximum Gasteiger partial charge on any atom is 0.257 e. The number of rotatable bonds is 5. The Morgan fingerprint density at radius 2 is 2.03 bits per heavy atom. The number of nitrogens with two attached hydrogens (primary N) is 1. The van der Waals surface area contributed by atoms with E-state index >= 15 is 4.39 Å². The van der Waals surface area contributed by atoms with Crippen molar-refractivity contribution in [2.45, 2.75) is 32.2 Å². The zero-order chi connectivity index (χ0) is 22.0. The van der Waals surface area contributed by atoms with Gasteiger partial charge >= 0.3 is 0 Å². The van der Waals surface area contributed by atoms with Gasteiger partial charge in [0.2, 0.25) is 0 Å². The van der Waals surface area contributed by atoms with Crippen molar-refractivity contribution in [1.29, 1.82) is 0 Å². The van der Waals surface area contributed by atoms with Crippen LogP contribution in [0.5, 0.6) is 0 Å². The molecule has 1 aliphatic heterocycles. The van der Waals surface area contributed by atoms with Crippen LogP contribution in [0.15, 0.2) is 42.9 Å². The van der Waals surface area contributed by atoms with Gasteiger partial charge in [0, 0.05) is 29.4 Å². The molecule has 3 N–H and O–H groups in total.